The van der Waals surface area contributed by atoms with Crippen LogP contribution in [0.2, 0.25) is 0 Å². The minimum absolute atomic E-state index is 0.0651. The smallest absolute Gasteiger partial charge is 0.260 e. The van der Waals surface area contributed by atoms with Crippen LogP contribution < -0.4 is 16.6 Å². The van der Waals surface area contributed by atoms with Crippen molar-refractivity contribution >= 4 is 61.5 Å². The molecule has 2 amide bonds. The predicted octanol–water partition coefficient (Wildman–Crippen LogP) is 2.75. The van der Waals surface area contributed by atoms with Crippen LogP contribution in [0, 0.1) is 0 Å². The molecule has 1 aliphatic carbocycles. The van der Waals surface area contributed by atoms with Gasteiger partial charge in [0.25, 0.3) is 11.5 Å². The van der Waals surface area contributed by atoms with Crippen LogP contribution >= 0.6 is 34.4 Å². The average molecular weight is 421 g/mol. The van der Waals surface area contributed by atoms with Gasteiger partial charge in [-0.25, -0.2) is 4.98 Å². The molecule has 1 aliphatic rings. The van der Waals surface area contributed by atoms with Gasteiger partial charge >= 0.3 is 0 Å². The number of primary amides is 1. The molecule has 3 aromatic heterocycles. The molecule has 0 spiro atoms. The molecular weight excluding hydrogens is 404 g/mol. The van der Waals surface area contributed by atoms with Gasteiger partial charge < -0.3 is 16.0 Å². The Morgan fingerprint density at radius 3 is 2.96 bits per heavy atom. The number of anilines is 1. The Kier molecular flexibility index (Phi) is 5.02. The summed E-state index contributed by atoms with van der Waals surface area (Å²) in [6, 6.07) is 1.57. The molecule has 0 unspecified atom stereocenters. The minimum Gasteiger partial charge on any atom is -0.366 e. The summed E-state index contributed by atoms with van der Waals surface area (Å²) in [6.45, 7) is 0. The van der Waals surface area contributed by atoms with Crippen LogP contribution in [-0.2, 0) is 17.6 Å². The van der Waals surface area contributed by atoms with Gasteiger partial charge in [-0.05, 0) is 42.7 Å². The number of nitrogens with zero attached hydrogens (tertiary/aromatic N) is 1. The van der Waals surface area contributed by atoms with Crippen LogP contribution in [0.4, 0.5) is 5.00 Å². The maximum absolute atomic E-state index is 12.5. The van der Waals surface area contributed by atoms with E-state index in [4.69, 9.17) is 5.73 Å². The summed E-state index contributed by atoms with van der Waals surface area (Å²) in [5.74, 6) is -0.814. The molecule has 27 heavy (non-hydrogen) atoms. The van der Waals surface area contributed by atoms with Crippen molar-refractivity contribution < 1.29 is 9.59 Å². The first kappa shape index (κ1) is 18.2. The van der Waals surface area contributed by atoms with Gasteiger partial charge in [-0.3, -0.25) is 14.4 Å². The Bertz CT molecular complexity index is 1100. The summed E-state index contributed by atoms with van der Waals surface area (Å²) >= 11 is 3.97. The standard InChI is InChI=1S/C17H16N4O3S3/c18-13(23)9-5-6-25-15(9)19-11(22)7-26-17-20-14(24)12-8-3-1-2-4-10(8)27-16(12)21-17/h5-6H,1-4,7H2,(H2,18,23)(H,19,22)(H,20,21,24). The lowest BCUT2D eigenvalue weighted by atomic mass is 9.97. The van der Waals surface area contributed by atoms with Crippen molar-refractivity contribution in [3.63, 3.8) is 0 Å². The van der Waals surface area contributed by atoms with Crippen molar-refractivity contribution in [2.75, 3.05) is 11.1 Å². The van der Waals surface area contributed by atoms with E-state index in [-0.39, 0.29) is 22.8 Å². The van der Waals surface area contributed by atoms with E-state index in [9.17, 15) is 14.4 Å². The molecule has 0 aliphatic heterocycles. The molecule has 0 saturated heterocycles. The highest BCUT2D eigenvalue weighted by atomic mass is 32.2. The molecule has 10 heteroatoms. The highest BCUT2D eigenvalue weighted by Gasteiger charge is 2.20. The summed E-state index contributed by atoms with van der Waals surface area (Å²) in [5, 5.41) is 5.91. The lowest BCUT2D eigenvalue weighted by molar-refractivity contribution is -0.113. The largest absolute Gasteiger partial charge is 0.366 e. The molecule has 0 fully saturated rings. The second-order valence-corrected chi connectivity index (χ2v) is 9.09. The molecule has 7 nitrogen and oxygen atoms in total. The molecule has 4 N–H and O–H groups in total. The summed E-state index contributed by atoms with van der Waals surface area (Å²) in [5.41, 5.74) is 6.56. The molecule has 3 heterocycles. The van der Waals surface area contributed by atoms with E-state index in [0.717, 1.165) is 47.8 Å². The van der Waals surface area contributed by atoms with E-state index in [1.54, 1.807) is 22.8 Å². The van der Waals surface area contributed by atoms with Crippen molar-refractivity contribution in [1.82, 2.24) is 9.97 Å². The number of aromatic amines is 1. The van der Waals surface area contributed by atoms with E-state index in [0.29, 0.717) is 15.5 Å². The van der Waals surface area contributed by atoms with Gasteiger partial charge in [0.05, 0.1) is 16.7 Å². The number of hydrogen-bond donors (Lipinski definition) is 3. The number of thiophene rings is 2. The van der Waals surface area contributed by atoms with Gasteiger partial charge in [-0.2, -0.15) is 0 Å². The molecule has 140 valence electrons. The lowest BCUT2D eigenvalue weighted by Crippen LogP contribution is -2.18. The third-order valence-corrected chi connectivity index (χ3v) is 7.22. The van der Waals surface area contributed by atoms with Gasteiger partial charge in [-0.15, -0.1) is 22.7 Å². The van der Waals surface area contributed by atoms with Crippen LogP contribution in [0.3, 0.4) is 0 Å². The first-order valence-corrected chi connectivity index (χ1v) is 11.1. The zero-order chi connectivity index (χ0) is 19.0. The SMILES string of the molecule is NC(=O)c1ccsc1NC(=O)CSc1nc2sc3c(c2c(=O)[nH]1)CCCC3. The molecule has 0 radical (unpaired) electrons. The summed E-state index contributed by atoms with van der Waals surface area (Å²) < 4.78 is 0. The number of thioether (sulfide) groups is 1. The van der Waals surface area contributed by atoms with Gasteiger partial charge in [0.2, 0.25) is 5.91 Å². The predicted molar refractivity (Wildman–Crippen MR) is 109 cm³/mol. The van der Waals surface area contributed by atoms with Crippen molar-refractivity contribution in [2.24, 2.45) is 5.73 Å². The zero-order valence-corrected chi connectivity index (χ0v) is 16.6. The van der Waals surface area contributed by atoms with E-state index in [1.165, 1.54) is 16.2 Å². The minimum atomic E-state index is -0.586. The molecule has 0 saturated carbocycles. The Hall–Kier alpha value is -2.17. The number of carbonyl (C=O) groups is 2. The monoisotopic (exact) mass is 420 g/mol. The van der Waals surface area contributed by atoms with Crippen molar-refractivity contribution in [1.29, 1.82) is 0 Å². The third kappa shape index (κ3) is 3.64. The summed E-state index contributed by atoms with van der Waals surface area (Å²) in [4.78, 5) is 45.3. The van der Waals surface area contributed by atoms with Crippen LogP contribution in [0.25, 0.3) is 10.2 Å². The first-order chi connectivity index (χ1) is 13.0. The number of nitrogens with one attached hydrogen (secondary N) is 2. The Morgan fingerprint density at radius 2 is 2.15 bits per heavy atom. The topological polar surface area (TPSA) is 118 Å². The maximum atomic E-state index is 12.5. The number of carbonyl (C=O) groups excluding carboxylic acids is 2. The van der Waals surface area contributed by atoms with E-state index in [2.05, 4.69) is 15.3 Å². The third-order valence-electron chi connectivity index (χ3n) is 4.33. The highest BCUT2D eigenvalue weighted by molar-refractivity contribution is 7.99. The zero-order valence-electron chi connectivity index (χ0n) is 14.2. The second-order valence-electron chi connectivity index (χ2n) is 6.13. The fourth-order valence-corrected chi connectivity index (χ4v) is 5.90. The normalized spacial score (nSPS) is 13.5. The number of rotatable bonds is 5. The number of H-pyrrole nitrogens is 1. The van der Waals surface area contributed by atoms with E-state index >= 15 is 0 Å². The van der Waals surface area contributed by atoms with Gasteiger partial charge in [-0.1, -0.05) is 11.8 Å². The van der Waals surface area contributed by atoms with E-state index in [1.807, 2.05) is 0 Å². The summed E-state index contributed by atoms with van der Waals surface area (Å²) in [6.07, 6.45) is 4.18. The molecule has 0 atom stereocenters. The second kappa shape index (κ2) is 7.45. The van der Waals surface area contributed by atoms with Crippen molar-refractivity contribution in [3.8, 4) is 0 Å². The van der Waals surface area contributed by atoms with Crippen LogP contribution in [0.15, 0.2) is 21.4 Å². The number of fused-ring (bicyclic) bond motifs is 3. The van der Waals surface area contributed by atoms with Gasteiger partial charge in [0.1, 0.15) is 9.83 Å². The number of hydrogen-bond acceptors (Lipinski definition) is 7. The molecular formula is C17H16N4O3S3. The molecule has 3 aromatic rings. The number of amides is 2. The van der Waals surface area contributed by atoms with Gasteiger partial charge in [0.15, 0.2) is 5.16 Å². The maximum Gasteiger partial charge on any atom is 0.260 e. The van der Waals surface area contributed by atoms with Crippen LogP contribution in [0.5, 0.6) is 0 Å². The van der Waals surface area contributed by atoms with Crippen LogP contribution in [0.1, 0.15) is 33.6 Å². The molecule has 4 rings (SSSR count). The Balaban J connectivity index is 1.49. The Morgan fingerprint density at radius 1 is 1.33 bits per heavy atom. The average Bonchev–Trinajstić information content (AvgIpc) is 3.24. The van der Waals surface area contributed by atoms with E-state index < -0.39 is 5.91 Å². The molecule has 0 bridgehead atoms. The Labute approximate surface area is 166 Å². The number of nitrogens with two attached hydrogens (primary N) is 1. The van der Waals surface area contributed by atoms with Crippen molar-refractivity contribution in [3.05, 3.63) is 37.8 Å². The first-order valence-electron chi connectivity index (χ1n) is 8.37. The van der Waals surface area contributed by atoms with Crippen LogP contribution in [-0.4, -0.2) is 27.5 Å². The lowest BCUT2D eigenvalue weighted by Gasteiger charge is -2.09. The summed E-state index contributed by atoms with van der Waals surface area (Å²) in [7, 11) is 0. The number of aromatic nitrogens is 2. The fraction of sp³-hybridized carbons (Fsp3) is 0.294. The van der Waals surface area contributed by atoms with Crippen molar-refractivity contribution in [2.45, 2.75) is 30.8 Å². The van der Waals surface area contributed by atoms with Gasteiger partial charge in [0, 0.05) is 4.88 Å². The number of aryl methyl sites for hydroxylation is 2. The highest BCUT2D eigenvalue weighted by Crippen LogP contribution is 2.34. The fourth-order valence-electron chi connectivity index (χ4n) is 3.11. The quantitative estimate of drug-likeness (QED) is 0.433. The molecule has 0 aromatic carbocycles.